The van der Waals surface area contributed by atoms with E-state index in [9.17, 15) is 0 Å². The fourth-order valence-electron chi connectivity index (χ4n) is 1.85. The Balaban J connectivity index is 1.56. The van der Waals surface area contributed by atoms with Crippen molar-refractivity contribution in [2.75, 3.05) is 32.1 Å². The lowest BCUT2D eigenvalue weighted by atomic mass is 10.1. The summed E-state index contributed by atoms with van der Waals surface area (Å²) in [5.74, 6) is 1.79. The molecule has 0 aliphatic carbocycles. The zero-order valence-corrected chi connectivity index (χ0v) is 11.4. The Labute approximate surface area is 112 Å². The second-order valence-electron chi connectivity index (χ2n) is 4.24. The van der Waals surface area contributed by atoms with Crippen LogP contribution in [-0.2, 0) is 4.74 Å². The number of halogens is 1. The van der Waals surface area contributed by atoms with Crippen molar-refractivity contribution in [2.45, 2.75) is 11.3 Å². The largest absolute Gasteiger partial charge is 0.381 e. The number of rotatable bonds is 6. The Morgan fingerprint density at radius 3 is 3.18 bits per heavy atom. The summed E-state index contributed by atoms with van der Waals surface area (Å²) >= 11 is 7.77. The van der Waals surface area contributed by atoms with Crippen LogP contribution >= 0.6 is 23.4 Å². The van der Waals surface area contributed by atoms with Crippen LogP contribution in [0, 0.1) is 5.92 Å². The summed E-state index contributed by atoms with van der Waals surface area (Å²) in [6, 6.07) is 8.01. The first kappa shape index (κ1) is 13.2. The zero-order valence-electron chi connectivity index (χ0n) is 9.82. The highest BCUT2D eigenvalue weighted by Crippen LogP contribution is 2.21. The van der Waals surface area contributed by atoms with Crippen molar-refractivity contribution >= 4 is 23.4 Å². The highest BCUT2D eigenvalue weighted by Gasteiger charge is 2.14. The predicted molar refractivity (Wildman–Crippen MR) is 74.0 cm³/mol. The number of thioether (sulfide) groups is 1. The van der Waals surface area contributed by atoms with Gasteiger partial charge in [-0.2, -0.15) is 0 Å². The SMILES string of the molecule is Clc1cccc(SCCNCC2CCOC2)c1. The minimum atomic E-state index is 0.714. The smallest absolute Gasteiger partial charge is 0.0507 e. The van der Waals surface area contributed by atoms with Gasteiger partial charge in [-0.15, -0.1) is 11.8 Å². The maximum atomic E-state index is 5.93. The maximum absolute atomic E-state index is 5.93. The average Bonchev–Trinajstić information content (AvgIpc) is 2.82. The lowest BCUT2D eigenvalue weighted by Gasteiger charge is -2.09. The third kappa shape index (κ3) is 4.88. The molecule has 4 heteroatoms. The van der Waals surface area contributed by atoms with Gasteiger partial charge in [-0.05, 0) is 30.5 Å². The quantitative estimate of drug-likeness (QED) is 0.635. The summed E-state index contributed by atoms with van der Waals surface area (Å²) in [5.41, 5.74) is 0. The molecule has 1 unspecified atom stereocenters. The molecule has 0 bridgehead atoms. The number of ether oxygens (including phenoxy) is 1. The van der Waals surface area contributed by atoms with E-state index in [1.807, 2.05) is 30.0 Å². The highest BCUT2D eigenvalue weighted by atomic mass is 35.5. The van der Waals surface area contributed by atoms with E-state index < -0.39 is 0 Å². The lowest BCUT2D eigenvalue weighted by Crippen LogP contribution is -2.25. The van der Waals surface area contributed by atoms with Crippen LogP contribution in [0.15, 0.2) is 29.2 Å². The van der Waals surface area contributed by atoms with E-state index in [0.29, 0.717) is 5.92 Å². The van der Waals surface area contributed by atoms with Gasteiger partial charge in [0, 0.05) is 35.4 Å². The Bertz CT molecular complexity index is 342. The molecule has 0 spiro atoms. The van der Waals surface area contributed by atoms with Crippen LogP contribution in [0.2, 0.25) is 5.02 Å². The van der Waals surface area contributed by atoms with E-state index >= 15 is 0 Å². The highest BCUT2D eigenvalue weighted by molar-refractivity contribution is 7.99. The summed E-state index contributed by atoms with van der Waals surface area (Å²) in [6.07, 6.45) is 1.20. The molecule has 2 nitrogen and oxygen atoms in total. The van der Waals surface area contributed by atoms with Gasteiger partial charge in [0.2, 0.25) is 0 Å². The van der Waals surface area contributed by atoms with E-state index in [1.54, 1.807) is 0 Å². The summed E-state index contributed by atoms with van der Waals surface area (Å²) < 4.78 is 5.34. The van der Waals surface area contributed by atoms with Gasteiger partial charge in [0.05, 0.1) is 6.61 Å². The molecule has 1 saturated heterocycles. The first-order chi connectivity index (χ1) is 8.34. The van der Waals surface area contributed by atoms with Gasteiger partial charge in [-0.25, -0.2) is 0 Å². The topological polar surface area (TPSA) is 21.3 Å². The third-order valence-electron chi connectivity index (χ3n) is 2.80. The van der Waals surface area contributed by atoms with Gasteiger partial charge in [-0.3, -0.25) is 0 Å². The molecule has 0 amide bonds. The first-order valence-electron chi connectivity index (χ1n) is 6.01. The van der Waals surface area contributed by atoms with Crippen LogP contribution < -0.4 is 5.32 Å². The van der Waals surface area contributed by atoms with Crippen LogP contribution in [0.4, 0.5) is 0 Å². The predicted octanol–water partition coefficient (Wildman–Crippen LogP) is 3.06. The van der Waals surface area contributed by atoms with Crippen LogP contribution in [0.25, 0.3) is 0 Å². The van der Waals surface area contributed by atoms with Crippen molar-refractivity contribution < 1.29 is 4.74 Å². The number of nitrogens with one attached hydrogen (secondary N) is 1. The third-order valence-corrected chi connectivity index (χ3v) is 4.03. The molecule has 17 heavy (non-hydrogen) atoms. The summed E-state index contributed by atoms with van der Waals surface area (Å²) in [6.45, 7) is 3.97. The molecule has 1 aliphatic heterocycles. The molecule has 1 fully saturated rings. The number of hydrogen-bond donors (Lipinski definition) is 1. The normalized spacial score (nSPS) is 19.7. The van der Waals surface area contributed by atoms with Crippen molar-refractivity contribution in [3.8, 4) is 0 Å². The second-order valence-corrected chi connectivity index (χ2v) is 5.84. The molecule has 2 rings (SSSR count). The van der Waals surface area contributed by atoms with Crippen LogP contribution in [0.1, 0.15) is 6.42 Å². The van der Waals surface area contributed by atoms with Gasteiger partial charge in [0.1, 0.15) is 0 Å². The molecule has 1 aromatic carbocycles. The van der Waals surface area contributed by atoms with Crippen molar-refractivity contribution in [1.82, 2.24) is 5.32 Å². The van der Waals surface area contributed by atoms with Gasteiger partial charge >= 0.3 is 0 Å². The minimum absolute atomic E-state index is 0.714. The van der Waals surface area contributed by atoms with E-state index in [-0.39, 0.29) is 0 Å². The van der Waals surface area contributed by atoms with Crippen LogP contribution in [-0.4, -0.2) is 32.1 Å². The number of hydrogen-bond acceptors (Lipinski definition) is 3. The first-order valence-corrected chi connectivity index (χ1v) is 7.38. The molecule has 1 aliphatic rings. The Hall–Kier alpha value is -0.220. The van der Waals surface area contributed by atoms with Crippen molar-refractivity contribution in [3.63, 3.8) is 0 Å². The van der Waals surface area contributed by atoms with Crippen molar-refractivity contribution in [1.29, 1.82) is 0 Å². The van der Waals surface area contributed by atoms with Crippen molar-refractivity contribution in [3.05, 3.63) is 29.3 Å². The molecule has 0 radical (unpaired) electrons. The Morgan fingerprint density at radius 1 is 1.47 bits per heavy atom. The molecule has 0 saturated carbocycles. The Morgan fingerprint density at radius 2 is 2.41 bits per heavy atom. The van der Waals surface area contributed by atoms with Crippen LogP contribution in [0.3, 0.4) is 0 Å². The minimum Gasteiger partial charge on any atom is -0.381 e. The lowest BCUT2D eigenvalue weighted by molar-refractivity contribution is 0.185. The molecule has 0 aromatic heterocycles. The van der Waals surface area contributed by atoms with Crippen molar-refractivity contribution in [2.24, 2.45) is 5.92 Å². The maximum Gasteiger partial charge on any atom is 0.0507 e. The van der Waals surface area contributed by atoms with Gasteiger partial charge < -0.3 is 10.1 Å². The zero-order chi connectivity index (χ0) is 11.9. The molecular formula is C13H18ClNOS. The molecule has 1 atom stereocenters. The van der Waals surface area contributed by atoms with E-state index in [2.05, 4.69) is 11.4 Å². The van der Waals surface area contributed by atoms with Gasteiger partial charge in [-0.1, -0.05) is 17.7 Å². The summed E-state index contributed by atoms with van der Waals surface area (Å²) in [7, 11) is 0. The number of benzene rings is 1. The van der Waals surface area contributed by atoms with E-state index in [4.69, 9.17) is 16.3 Å². The summed E-state index contributed by atoms with van der Waals surface area (Å²) in [5, 5.41) is 4.29. The molecule has 1 N–H and O–H groups in total. The molecule has 1 heterocycles. The second kappa shape index (κ2) is 7.27. The molecular weight excluding hydrogens is 254 g/mol. The molecule has 94 valence electrons. The Kier molecular flexibility index (Phi) is 5.65. The fourth-order valence-corrected chi connectivity index (χ4v) is 2.97. The summed E-state index contributed by atoms with van der Waals surface area (Å²) in [4.78, 5) is 1.24. The fraction of sp³-hybridized carbons (Fsp3) is 0.538. The van der Waals surface area contributed by atoms with E-state index in [1.165, 1.54) is 11.3 Å². The van der Waals surface area contributed by atoms with E-state index in [0.717, 1.165) is 37.1 Å². The van der Waals surface area contributed by atoms with Gasteiger partial charge in [0.25, 0.3) is 0 Å². The standard InChI is InChI=1S/C13H18ClNOS/c14-12-2-1-3-13(8-12)17-7-5-15-9-11-4-6-16-10-11/h1-3,8,11,15H,4-7,9-10H2. The van der Waals surface area contributed by atoms with Gasteiger partial charge in [0.15, 0.2) is 0 Å². The monoisotopic (exact) mass is 271 g/mol. The molecule has 1 aromatic rings. The van der Waals surface area contributed by atoms with Crippen LogP contribution in [0.5, 0.6) is 0 Å². The average molecular weight is 272 g/mol.